The molecule has 21 heavy (non-hydrogen) atoms. The highest BCUT2D eigenvalue weighted by molar-refractivity contribution is 7.88. The summed E-state index contributed by atoms with van der Waals surface area (Å²) in [5.41, 5.74) is 2.32. The number of aryl methyl sites for hydroxylation is 1. The van der Waals surface area contributed by atoms with Gasteiger partial charge < -0.3 is 9.47 Å². The van der Waals surface area contributed by atoms with Crippen molar-refractivity contribution in [3.63, 3.8) is 0 Å². The van der Waals surface area contributed by atoms with E-state index < -0.39 is 16.6 Å². The molecule has 3 rings (SSSR count). The van der Waals surface area contributed by atoms with E-state index in [-0.39, 0.29) is 0 Å². The summed E-state index contributed by atoms with van der Waals surface area (Å²) < 4.78 is 23.7. The van der Waals surface area contributed by atoms with Crippen molar-refractivity contribution in [2.24, 2.45) is 0 Å². The van der Waals surface area contributed by atoms with Crippen molar-refractivity contribution in [3.8, 4) is 0 Å². The molecule has 0 aliphatic carbocycles. The lowest BCUT2D eigenvalue weighted by atomic mass is 10.0. The van der Waals surface area contributed by atoms with Gasteiger partial charge in [-0.1, -0.05) is 17.7 Å². The minimum Gasteiger partial charge on any atom is -0.346 e. The Morgan fingerprint density at radius 3 is 2.67 bits per heavy atom. The Morgan fingerprint density at radius 1 is 1.19 bits per heavy atom. The van der Waals surface area contributed by atoms with E-state index in [1.807, 2.05) is 43.3 Å². The highest BCUT2D eigenvalue weighted by Gasteiger charge is 2.36. The molecule has 0 saturated carbocycles. The smallest absolute Gasteiger partial charge is 0.188 e. The molecule has 1 saturated heterocycles. The average Bonchev–Trinajstić information content (AvgIpc) is 2.93. The van der Waals surface area contributed by atoms with Gasteiger partial charge in [0.2, 0.25) is 0 Å². The van der Waals surface area contributed by atoms with E-state index in [1.54, 1.807) is 5.41 Å². The summed E-state index contributed by atoms with van der Waals surface area (Å²) in [5, 5.41) is 1.75. The predicted octanol–water partition coefficient (Wildman–Crippen LogP) is 3.47. The zero-order valence-corrected chi connectivity index (χ0v) is 13.0. The summed E-state index contributed by atoms with van der Waals surface area (Å²) >= 11 is 0. The average molecular weight is 304 g/mol. The number of benzene rings is 1. The fourth-order valence-electron chi connectivity index (χ4n) is 2.63. The molecule has 3 nitrogen and oxygen atoms in total. The van der Waals surface area contributed by atoms with Gasteiger partial charge in [-0.15, -0.1) is 0 Å². The van der Waals surface area contributed by atoms with Crippen LogP contribution < -0.4 is 0 Å². The molecule has 0 radical (unpaired) electrons. The summed E-state index contributed by atoms with van der Waals surface area (Å²) in [6, 6.07) is 7.79. The van der Waals surface area contributed by atoms with Crippen LogP contribution in [0.15, 0.2) is 52.3 Å². The third-order valence-electron chi connectivity index (χ3n) is 3.82. The molecule has 2 aliphatic heterocycles. The molecule has 0 aromatic heterocycles. The second-order valence-electron chi connectivity index (χ2n) is 5.49. The van der Waals surface area contributed by atoms with E-state index in [1.165, 1.54) is 5.56 Å². The third-order valence-corrected chi connectivity index (χ3v) is 4.94. The Labute approximate surface area is 128 Å². The summed E-state index contributed by atoms with van der Waals surface area (Å²) in [5.74, 6) is -0.525. The van der Waals surface area contributed by atoms with Crippen LogP contribution in [0.3, 0.4) is 0 Å². The van der Waals surface area contributed by atoms with Gasteiger partial charge in [0.15, 0.2) is 5.79 Å². The maximum atomic E-state index is 12.2. The van der Waals surface area contributed by atoms with Crippen molar-refractivity contribution in [3.05, 3.63) is 53.0 Å². The van der Waals surface area contributed by atoms with E-state index >= 15 is 0 Å². The van der Waals surface area contributed by atoms with E-state index in [9.17, 15) is 4.21 Å². The van der Waals surface area contributed by atoms with E-state index in [0.29, 0.717) is 6.61 Å². The topological polar surface area (TPSA) is 35.5 Å². The Morgan fingerprint density at radius 2 is 1.95 bits per heavy atom. The van der Waals surface area contributed by atoms with Crippen molar-refractivity contribution in [1.29, 1.82) is 0 Å². The SMILES string of the molecule is Cc1ccc(S(=O)/C=C\C2=C[C@]3(CCCO3)OCC2)cc1. The van der Waals surface area contributed by atoms with Crippen LogP contribution in [0.5, 0.6) is 0 Å². The molecule has 1 aromatic rings. The first-order valence-corrected chi connectivity index (χ1v) is 8.53. The number of ether oxygens (including phenoxy) is 2. The largest absolute Gasteiger partial charge is 0.346 e. The molecule has 2 heterocycles. The summed E-state index contributed by atoms with van der Waals surface area (Å²) in [4.78, 5) is 0.830. The molecule has 1 aromatic carbocycles. The number of hydrogen-bond acceptors (Lipinski definition) is 3. The monoisotopic (exact) mass is 304 g/mol. The lowest BCUT2D eigenvalue weighted by molar-refractivity contribution is -0.180. The standard InChI is InChI=1S/C17H20O3S/c1-14-3-5-16(6-4-14)21(18)12-8-15-7-11-20-17(13-15)9-2-10-19-17/h3-6,8,12-13H,2,7,9-11H2,1H3/b12-8-/t17-,21?/m0/s1. The van der Waals surface area contributed by atoms with Gasteiger partial charge in [-0.2, -0.15) is 0 Å². The number of hydrogen-bond donors (Lipinski definition) is 0. The summed E-state index contributed by atoms with van der Waals surface area (Å²) in [6.45, 7) is 3.44. The van der Waals surface area contributed by atoms with Crippen LogP contribution in [0.2, 0.25) is 0 Å². The molecule has 2 aliphatic rings. The van der Waals surface area contributed by atoms with Crippen molar-refractivity contribution in [2.45, 2.75) is 36.9 Å². The minimum absolute atomic E-state index is 0.525. The van der Waals surface area contributed by atoms with Crippen molar-refractivity contribution >= 4 is 10.8 Å². The van der Waals surface area contributed by atoms with Gasteiger partial charge in [0, 0.05) is 16.7 Å². The van der Waals surface area contributed by atoms with Crippen LogP contribution in [0, 0.1) is 6.92 Å². The second kappa shape index (κ2) is 6.26. The molecule has 1 spiro atoms. The minimum atomic E-state index is -1.11. The zero-order valence-electron chi connectivity index (χ0n) is 12.2. The van der Waals surface area contributed by atoms with Gasteiger partial charge in [0.1, 0.15) is 0 Å². The fraction of sp³-hybridized carbons (Fsp3) is 0.412. The van der Waals surface area contributed by atoms with E-state index in [0.717, 1.165) is 36.3 Å². The molecule has 4 heteroatoms. The molecule has 0 bridgehead atoms. The quantitative estimate of drug-likeness (QED) is 0.858. The van der Waals surface area contributed by atoms with Crippen LogP contribution in [-0.4, -0.2) is 23.2 Å². The molecule has 2 atom stereocenters. The molecule has 1 unspecified atom stereocenters. The van der Waals surface area contributed by atoms with Crippen molar-refractivity contribution in [1.82, 2.24) is 0 Å². The first kappa shape index (κ1) is 14.7. The van der Waals surface area contributed by atoms with Gasteiger partial charge in [0.25, 0.3) is 0 Å². The third kappa shape index (κ3) is 3.51. The fourth-order valence-corrected chi connectivity index (χ4v) is 3.49. The number of rotatable bonds is 3. The van der Waals surface area contributed by atoms with Crippen LogP contribution in [0.25, 0.3) is 0 Å². The first-order chi connectivity index (χ1) is 10.2. The zero-order chi connectivity index (χ0) is 14.7. The molecule has 1 fully saturated rings. The molecular formula is C17H20O3S. The Hall–Kier alpha value is -1.23. The van der Waals surface area contributed by atoms with E-state index in [2.05, 4.69) is 0 Å². The molecular weight excluding hydrogens is 284 g/mol. The highest BCUT2D eigenvalue weighted by atomic mass is 32.2. The second-order valence-corrected chi connectivity index (χ2v) is 6.83. The lowest BCUT2D eigenvalue weighted by Gasteiger charge is -2.29. The normalized spacial score (nSPS) is 27.2. The van der Waals surface area contributed by atoms with Gasteiger partial charge in [-0.05, 0) is 49.6 Å². The molecule has 112 valence electrons. The van der Waals surface area contributed by atoms with Crippen molar-refractivity contribution in [2.75, 3.05) is 13.2 Å². The van der Waals surface area contributed by atoms with Crippen LogP contribution in [0.4, 0.5) is 0 Å². The van der Waals surface area contributed by atoms with Crippen molar-refractivity contribution < 1.29 is 13.7 Å². The summed E-state index contributed by atoms with van der Waals surface area (Å²) in [7, 11) is -1.11. The van der Waals surface area contributed by atoms with Crippen LogP contribution >= 0.6 is 0 Å². The molecule has 0 amide bonds. The van der Waals surface area contributed by atoms with Gasteiger partial charge in [-0.25, -0.2) is 4.21 Å². The Balaban J connectivity index is 1.71. The predicted molar refractivity (Wildman–Crippen MR) is 83.3 cm³/mol. The summed E-state index contributed by atoms with van der Waals surface area (Å²) in [6.07, 6.45) is 6.77. The van der Waals surface area contributed by atoms with Gasteiger partial charge >= 0.3 is 0 Å². The van der Waals surface area contributed by atoms with Crippen LogP contribution in [-0.2, 0) is 20.3 Å². The number of allylic oxidation sites excluding steroid dienone is 1. The highest BCUT2D eigenvalue weighted by Crippen LogP contribution is 2.33. The van der Waals surface area contributed by atoms with E-state index in [4.69, 9.17) is 9.47 Å². The van der Waals surface area contributed by atoms with Gasteiger partial charge in [0.05, 0.1) is 24.0 Å². The Kier molecular flexibility index (Phi) is 4.38. The van der Waals surface area contributed by atoms with Crippen LogP contribution in [0.1, 0.15) is 24.8 Å². The Bertz CT molecular complexity index is 581. The molecule has 0 N–H and O–H groups in total. The maximum Gasteiger partial charge on any atom is 0.188 e. The van der Waals surface area contributed by atoms with Gasteiger partial charge in [-0.3, -0.25) is 0 Å². The maximum absolute atomic E-state index is 12.2. The lowest BCUT2D eigenvalue weighted by Crippen LogP contribution is -2.32. The first-order valence-electron chi connectivity index (χ1n) is 7.32.